The van der Waals surface area contributed by atoms with E-state index in [0.717, 1.165) is 58.7 Å². The highest BCUT2D eigenvalue weighted by Gasteiger charge is 2.21. The first kappa shape index (κ1) is 22.4. The average molecular weight is 418 g/mol. The Morgan fingerprint density at radius 2 is 2.00 bits per heavy atom. The smallest absolute Gasteiger partial charge is 0.244 e. The highest BCUT2D eigenvalue weighted by atomic mass is 16.5. The van der Waals surface area contributed by atoms with Gasteiger partial charge >= 0.3 is 0 Å². The van der Waals surface area contributed by atoms with Crippen LogP contribution in [0.5, 0.6) is 0 Å². The van der Waals surface area contributed by atoms with Gasteiger partial charge in [-0.2, -0.15) is 0 Å². The summed E-state index contributed by atoms with van der Waals surface area (Å²) in [5.74, 6) is 0.752. The fourth-order valence-corrected chi connectivity index (χ4v) is 3.61. The largest absolute Gasteiger partial charge is 0.379 e. The molecule has 8 heteroatoms. The Kier molecular flexibility index (Phi) is 9.24. The molecule has 1 unspecified atom stereocenters. The minimum atomic E-state index is 0.0736. The van der Waals surface area contributed by atoms with Crippen molar-refractivity contribution in [3.8, 4) is 0 Å². The number of hydrogen-bond acceptors (Lipinski definition) is 5. The van der Waals surface area contributed by atoms with Gasteiger partial charge in [-0.1, -0.05) is 18.2 Å². The van der Waals surface area contributed by atoms with Crippen molar-refractivity contribution in [2.75, 3.05) is 70.5 Å². The van der Waals surface area contributed by atoms with E-state index in [1.807, 2.05) is 30.0 Å². The van der Waals surface area contributed by atoms with Crippen LogP contribution in [-0.2, 0) is 14.3 Å². The van der Waals surface area contributed by atoms with Gasteiger partial charge in [0, 0.05) is 58.2 Å². The third kappa shape index (κ3) is 7.18. The Morgan fingerprint density at radius 3 is 2.70 bits per heavy atom. The third-order valence-corrected chi connectivity index (χ3v) is 5.33. The van der Waals surface area contributed by atoms with Crippen LogP contribution in [-0.4, -0.2) is 88.5 Å². The predicted molar refractivity (Wildman–Crippen MR) is 119 cm³/mol. The van der Waals surface area contributed by atoms with E-state index in [-0.39, 0.29) is 18.6 Å². The fraction of sp³-hybridized carbons (Fsp3) is 0.636. The molecule has 2 heterocycles. The summed E-state index contributed by atoms with van der Waals surface area (Å²) >= 11 is 0. The van der Waals surface area contributed by atoms with E-state index >= 15 is 0 Å². The first-order valence-corrected chi connectivity index (χ1v) is 11.1. The second-order valence-electron chi connectivity index (χ2n) is 7.54. The van der Waals surface area contributed by atoms with Crippen molar-refractivity contribution in [3.63, 3.8) is 0 Å². The molecule has 0 radical (unpaired) electrons. The van der Waals surface area contributed by atoms with Gasteiger partial charge in [0.2, 0.25) is 5.91 Å². The Balaban J connectivity index is 1.35. The summed E-state index contributed by atoms with van der Waals surface area (Å²) in [6.07, 6.45) is 2.11. The van der Waals surface area contributed by atoms with Crippen molar-refractivity contribution in [2.45, 2.75) is 25.9 Å². The molecule has 0 aliphatic carbocycles. The molecule has 1 amide bonds. The molecule has 0 spiro atoms. The van der Waals surface area contributed by atoms with Crippen LogP contribution in [0.1, 0.15) is 19.8 Å². The lowest BCUT2D eigenvalue weighted by Gasteiger charge is -2.36. The standard InChI is InChI=1S/C22H35N5O3/c1-2-23-22(24-10-6-15-30-20-9-16-29-18-20)25-17-21(28)27-13-11-26(12-14-27)19-7-4-3-5-8-19/h3-5,7-8,20H,2,6,9-18H2,1H3,(H2,23,24,25). The molecule has 1 atom stereocenters. The molecule has 166 valence electrons. The molecule has 2 aliphatic heterocycles. The van der Waals surface area contributed by atoms with E-state index in [9.17, 15) is 4.79 Å². The van der Waals surface area contributed by atoms with Gasteiger partial charge in [0.25, 0.3) is 0 Å². The van der Waals surface area contributed by atoms with Gasteiger partial charge < -0.3 is 29.9 Å². The number of nitrogens with zero attached hydrogens (tertiary/aromatic N) is 3. The summed E-state index contributed by atoms with van der Waals surface area (Å²) in [7, 11) is 0. The molecular formula is C22H35N5O3. The number of guanidine groups is 1. The van der Waals surface area contributed by atoms with Crippen LogP contribution in [0.4, 0.5) is 5.69 Å². The summed E-state index contributed by atoms with van der Waals surface area (Å²) in [6.45, 7) is 9.06. The van der Waals surface area contributed by atoms with Crippen LogP contribution in [0, 0.1) is 0 Å². The summed E-state index contributed by atoms with van der Waals surface area (Å²) in [4.78, 5) is 21.3. The van der Waals surface area contributed by atoms with Crippen LogP contribution >= 0.6 is 0 Å². The van der Waals surface area contributed by atoms with Crippen molar-refractivity contribution < 1.29 is 14.3 Å². The van der Waals surface area contributed by atoms with E-state index in [0.29, 0.717) is 19.2 Å². The lowest BCUT2D eigenvalue weighted by Crippen LogP contribution is -2.49. The van der Waals surface area contributed by atoms with E-state index in [2.05, 4.69) is 32.7 Å². The SMILES string of the molecule is CCNC(=NCC(=O)N1CCN(c2ccccc2)CC1)NCCCOC1CCOC1. The Hall–Kier alpha value is -2.32. The average Bonchev–Trinajstić information content (AvgIpc) is 3.31. The van der Waals surface area contributed by atoms with E-state index < -0.39 is 0 Å². The van der Waals surface area contributed by atoms with Crippen molar-refractivity contribution in [1.29, 1.82) is 0 Å². The predicted octanol–water partition coefficient (Wildman–Crippen LogP) is 1.09. The molecule has 2 fully saturated rings. The monoisotopic (exact) mass is 417 g/mol. The molecule has 0 saturated carbocycles. The van der Waals surface area contributed by atoms with Gasteiger partial charge in [-0.05, 0) is 31.9 Å². The molecule has 0 aromatic heterocycles. The van der Waals surface area contributed by atoms with Crippen LogP contribution in [0.2, 0.25) is 0 Å². The van der Waals surface area contributed by atoms with Crippen molar-refractivity contribution in [2.24, 2.45) is 4.99 Å². The van der Waals surface area contributed by atoms with E-state index in [1.54, 1.807) is 0 Å². The summed E-state index contributed by atoms with van der Waals surface area (Å²) in [5, 5.41) is 6.48. The Morgan fingerprint density at radius 1 is 1.20 bits per heavy atom. The van der Waals surface area contributed by atoms with Crippen molar-refractivity contribution >= 4 is 17.6 Å². The zero-order valence-corrected chi connectivity index (χ0v) is 18.0. The van der Waals surface area contributed by atoms with Crippen LogP contribution in [0.15, 0.2) is 35.3 Å². The number of aliphatic imine (C=N–C) groups is 1. The number of anilines is 1. The van der Waals surface area contributed by atoms with Crippen LogP contribution in [0.3, 0.4) is 0 Å². The molecule has 2 aliphatic rings. The molecule has 3 rings (SSSR count). The maximum absolute atomic E-state index is 12.6. The second kappa shape index (κ2) is 12.4. The number of carbonyl (C=O) groups is 1. The molecule has 30 heavy (non-hydrogen) atoms. The third-order valence-electron chi connectivity index (χ3n) is 5.33. The molecular weight excluding hydrogens is 382 g/mol. The van der Waals surface area contributed by atoms with Crippen LogP contribution < -0.4 is 15.5 Å². The highest BCUT2D eigenvalue weighted by Crippen LogP contribution is 2.15. The molecule has 0 bridgehead atoms. The maximum atomic E-state index is 12.6. The zero-order chi connectivity index (χ0) is 21.0. The minimum Gasteiger partial charge on any atom is -0.379 e. The van der Waals surface area contributed by atoms with Gasteiger partial charge in [-0.3, -0.25) is 4.79 Å². The Labute approximate surface area is 179 Å². The quantitative estimate of drug-likeness (QED) is 0.356. The first-order valence-electron chi connectivity index (χ1n) is 11.1. The number of para-hydroxylation sites is 1. The summed E-state index contributed by atoms with van der Waals surface area (Å²) in [6, 6.07) is 10.3. The lowest BCUT2D eigenvalue weighted by atomic mass is 10.2. The number of piperazine rings is 1. The van der Waals surface area contributed by atoms with Crippen molar-refractivity contribution in [3.05, 3.63) is 30.3 Å². The van der Waals surface area contributed by atoms with E-state index in [1.165, 1.54) is 5.69 Å². The maximum Gasteiger partial charge on any atom is 0.244 e. The topological polar surface area (TPSA) is 78.4 Å². The minimum absolute atomic E-state index is 0.0736. The number of nitrogens with one attached hydrogen (secondary N) is 2. The first-order chi connectivity index (χ1) is 14.8. The number of carbonyl (C=O) groups excluding carboxylic acids is 1. The second-order valence-corrected chi connectivity index (χ2v) is 7.54. The highest BCUT2D eigenvalue weighted by molar-refractivity contribution is 5.85. The van der Waals surface area contributed by atoms with Gasteiger partial charge in [-0.25, -0.2) is 4.99 Å². The zero-order valence-electron chi connectivity index (χ0n) is 18.0. The summed E-state index contributed by atoms with van der Waals surface area (Å²) < 4.78 is 11.1. The Bertz CT molecular complexity index is 656. The van der Waals surface area contributed by atoms with Gasteiger partial charge in [-0.15, -0.1) is 0 Å². The number of hydrogen-bond donors (Lipinski definition) is 2. The fourth-order valence-electron chi connectivity index (χ4n) is 3.61. The number of rotatable bonds is 9. The summed E-state index contributed by atoms with van der Waals surface area (Å²) in [5.41, 5.74) is 1.21. The van der Waals surface area contributed by atoms with Crippen molar-refractivity contribution in [1.82, 2.24) is 15.5 Å². The molecule has 1 aromatic carbocycles. The van der Waals surface area contributed by atoms with Gasteiger partial charge in [0.05, 0.1) is 12.7 Å². The molecule has 2 saturated heterocycles. The molecule has 2 N–H and O–H groups in total. The van der Waals surface area contributed by atoms with Gasteiger partial charge in [0.15, 0.2) is 5.96 Å². The number of amides is 1. The number of benzene rings is 1. The lowest BCUT2D eigenvalue weighted by molar-refractivity contribution is -0.129. The normalized spacial score (nSPS) is 19.8. The molecule has 1 aromatic rings. The van der Waals surface area contributed by atoms with Crippen LogP contribution in [0.25, 0.3) is 0 Å². The van der Waals surface area contributed by atoms with E-state index in [4.69, 9.17) is 9.47 Å². The van der Waals surface area contributed by atoms with Gasteiger partial charge in [0.1, 0.15) is 6.54 Å². The number of ether oxygens (including phenoxy) is 2. The molecule has 8 nitrogen and oxygen atoms in total.